The lowest BCUT2D eigenvalue weighted by molar-refractivity contribution is -0.137. The number of rotatable bonds is 2. The molecule has 0 saturated heterocycles. The Kier molecular flexibility index (Phi) is 3.60. The van der Waals surface area contributed by atoms with Crippen LogP contribution in [-0.4, -0.2) is 0 Å². The van der Waals surface area contributed by atoms with E-state index in [1.165, 1.54) is 0 Å². The van der Waals surface area contributed by atoms with Crippen molar-refractivity contribution in [3.63, 3.8) is 0 Å². The molecule has 1 rings (SSSR count). The van der Waals surface area contributed by atoms with Gasteiger partial charge in [0.05, 0.1) is 5.56 Å². The maximum atomic E-state index is 12.4. The Labute approximate surface area is 92.2 Å². The summed E-state index contributed by atoms with van der Waals surface area (Å²) in [6.45, 7) is 1.84. The third kappa shape index (κ3) is 2.29. The van der Waals surface area contributed by atoms with Crippen LogP contribution in [-0.2, 0) is 6.18 Å². The first kappa shape index (κ1) is 12.0. The molecule has 1 aromatic heterocycles. The number of thiophene rings is 1. The molecule has 1 heterocycles. The smallest absolute Gasteiger partial charge is 0.323 e. The molecule has 0 amide bonds. The van der Waals surface area contributed by atoms with Gasteiger partial charge in [-0.15, -0.1) is 11.3 Å². The molecule has 14 heavy (non-hydrogen) atoms. The number of alkyl halides is 3. The van der Waals surface area contributed by atoms with E-state index >= 15 is 0 Å². The maximum absolute atomic E-state index is 12.4. The molecule has 0 fully saturated rings. The van der Waals surface area contributed by atoms with Crippen LogP contribution in [0.1, 0.15) is 29.8 Å². The molecule has 1 aromatic rings. The molecule has 0 aromatic carbocycles. The van der Waals surface area contributed by atoms with Crippen molar-refractivity contribution in [2.24, 2.45) is 5.73 Å². The fourth-order valence-electron chi connectivity index (χ4n) is 0.985. The van der Waals surface area contributed by atoms with E-state index in [-0.39, 0.29) is 10.5 Å². The Morgan fingerprint density at radius 3 is 2.50 bits per heavy atom. The Morgan fingerprint density at radius 2 is 2.14 bits per heavy atom. The quantitative estimate of drug-likeness (QED) is 0.876. The van der Waals surface area contributed by atoms with Gasteiger partial charge >= 0.3 is 6.18 Å². The van der Waals surface area contributed by atoms with Crippen molar-refractivity contribution in [2.75, 3.05) is 0 Å². The van der Waals surface area contributed by atoms with Crippen LogP contribution in [0.4, 0.5) is 13.2 Å². The second-order valence-corrected chi connectivity index (χ2v) is 4.54. The minimum absolute atomic E-state index is 0.0874. The highest BCUT2D eigenvalue weighted by Gasteiger charge is 2.35. The molecule has 1 nitrogen and oxygen atoms in total. The first-order valence-corrected chi connectivity index (χ1v) is 5.64. The van der Waals surface area contributed by atoms with E-state index in [2.05, 4.69) is 15.9 Å². The summed E-state index contributed by atoms with van der Waals surface area (Å²) in [6.07, 6.45) is -3.68. The number of hydrogen-bond acceptors (Lipinski definition) is 2. The molecule has 0 bridgehead atoms. The molecule has 2 N–H and O–H groups in total. The topological polar surface area (TPSA) is 26.0 Å². The summed E-state index contributed by atoms with van der Waals surface area (Å²) in [6, 6.07) is -0.328. The molecule has 0 spiro atoms. The molecular formula is C8H9BrF3NS. The summed E-state index contributed by atoms with van der Waals surface area (Å²) in [7, 11) is 0. The number of hydrogen-bond donors (Lipinski definition) is 1. The Hall–Kier alpha value is -0.0700. The fourth-order valence-corrected chi connectivity index (χ4v) is 3.10. The molecule has 0 unspecified atom stereocenters. The molecule has 0 aliphatic rings. The molecule has 0 aliphatic carbocycles. The highest BCUT2D eigenvalue weighted by molar-refractivity contribution is 9.10. The minimum atomic E-state index is -4.30. The van der Waals surface area contributed by atoms with Crippen molar-refractivity contribution in [3.8, 4) is 0 Å². The predicted molar refractivity (Wildman–Crippen MR) is 54.2 cm³/mol. The molecule has 1 atom stereocenters. The average Bonchev–Trinajstić information content (AvgIpc) is 2.45. The van der Waals surface area contributed by atoms with Crippen molar-refractivity contribution in [1.82, 2.24) is 0 Å². The van der Waals surface area contributed by atoms with Crippen molar-refractivity contribution in [1.29, 1.82) is 0 Å². The van der Waals surface area contributed by atoms with Crippen molar-refractivity contribution >= 4 is 27.3 Å². The van der Waals surface area contributed by atoms with E-state index in [9.17, 15) is 13.2 Å². The lowest BCUT2D eigenvalue weighted by Gasteiger charge is -2.08. The van der Waals surface area contributed by atoms with Crippen LogP contribution in [0.5, 0.6) is 0 Å². The van der Waals surface area contributed by atoms with Crippen LogP contribution in [0, 0.1) is 0 Å². The zero-order valence-electron chi connectivity index (χ0n) is 7.36. The summed E-state index contributed by atoms with van der Waals surface area (Å²) < 4.78 is 37.2. The van der Waals surface area contributed by atoms with Crippen LogP contribution in [0.25, 0.3) is 0 Å². The summed E-state index contributed by atoms with van der Waals surface area (Å²) in [5, 5.41) is 1.09. The summed E-state index contributed by atoms with van der Waals surface area (Å²) >= 11 is 3.98. The summed E-state index contributed by atoms with van der Waals surface area (Å²) in [5.41, 5.74) is 5.03. The van der Waals surface area contributed by atoms with Crippen LogP contribution >= 0.6 is 27.3 Å². The van der Waals surface area contributed by atoms with Crippen LogP contribution < -0.4 is 5.73 Å². The minimum Gasteiger partial charge on any atom is -0.323 e. The Balaban J connectivity index is 3.09. The second-order valence-electron chi connectivity index (χ2n) is 2.84. The monoisotopic (exact) mass is 287 g/mol. The van der Waals surface area contributed by atoms with E-state index in [1.54, 1.807) is 0 Å². The summed E-state index contributed by atoms with van der Waals surface area (Å²) in [5.74, 6) is 0. The van der Waals surface area contributed by atoms with Gasteiger partial charge in [-0.1, -0.05) is 6.92 Å². The Morgan fingerprint density at radius 1 is 1.57 bits per heavy atom. The van der Waals surface area contributed by atoms with E-state index in [1.807, 2.05) is 6.92 Å². The molecule has 0 aliphatic heterocycles. The van der Waals surface area contributed by atoms with Gasteiger partial charge in [-0.05, 0) is 22.4 Å². The van der Waals surface area contributed by atoms with Crippen LogP contribution in [0.3, 0.4) is 0 Å². The normalized spacial score (nSPS) is 14.4. The predicted octanol–water partition coefficient (Wildman–Crippen LogP) is 3.94. The molecule has 80 valence electrons. The number of nitrogens with two attached hydrogens (primary N) is 1. The molecule has 0 saturated carbocycles. The van der Waals surface area contributed by atoms with E-state index in [0.29, 0.717) is 11.3 Å². The fraction of sp³-hybridized carbons (Fsp3) is 0.500. The first-order valence-electron chi connectivity index (χ1n) is 3.97. The lowest BCUT2D eigenvalue weighted by Crippen LogP contribution is -2.09. The van der Waals surface area contributed by atoms with Gasteiger partial charge in [0.1, 0.15) is 0 Å². The van der Waals surface area contributed by atoms with Crippen LogP contribution in [0.2, 0.25) is 0 Å². The third-order valence-electron chi connectivity index (χ3n) is 1.84. The first-order chi connectivity index (χ1) is 6.38. The van der Waals surface area contributed by atoms with E-state index < -0.39 is 11.7 Å². The van der Waals surface area contributed by atoms with Crippen molar-refractivity contribution < 1.29 is 13.2 Å². The van der Waals surface area contributed by atoms with Gasteiger partial charge in [0.15, 0.2) is 0 Å². The highest BCUT2D eigenvalue weighted by Crippen LogP contribution is 2.42. The van der Waals surface area contributed by atoms with Gasteiger partial charge in [0.2, 0.25) is 0 Å². The third-order valence-corrected chi connectivity index (χ3v) is 4.07. The molecule has 0 radical (unpaired) electrons. The van der Waals surface area contributed by atoms with E-state index in [0.717, 1.165) is 16.7 Å². The zero-order valence-corrected chi connectivity index (χ0v) is 9.76. The SMILES string of the molecule is CC[C@H](N)c1scc(C(F)(F)F)c1Br. The standard InChI is InChI=1S/C8H9BrF3NS/c1-2-5(13)7-6(9)4(3-14-7)8(10,11)12/h3,5H,2,13H2,1H3/t5-/m0/s1. The highest BCUT2D eigenvalue weighted by atomic mass is 79.9. The van der Waals surface area contributed by atoms with Gasteiger partial charge in [0, 0.05) is 20.8 Å². The number of halogens is 4. The van der Waals surface area contributed by atoms with Gasteiger partial charge in [-0.25, -0.2) is 0 Å². The van der Waals surface area contributed by atoms with Gasteiger partial charge in [-0.2, -0.15) is 13.2 Å². The molecule has 6 heteroatoms. The van der Waals surface area contributed by atoms with Crippen LogP contribution in [0.15, 0.2) is 9.85 Å². The maximum Gasteiger partial charge on any atom is 0.418 e. The lowest BCUT2D eigenvalue weighted by atomic mass is 10.2. The van der Waals surface area contributed by atoms with E-state index in [4.69, 9.17) is 5.73 Å². The van der Waals surface area contributed by atoms with Gasteiger partial charge in [0.25, 0.3) is 0 Å². The second kappa shape index (κ2) is 4.20. The Bertz CT molecular complexity index is 321. The summed E-state index contributed by atoms with van der Waals surface area (Å²) in [4.78, 5) is 0.555. The largest absolute Gasteiger partial charge is 0.418 e. The van der Waals surface area contributed by atoms with Gasteiger partial charge < -0.3 is 5.73 Å². The van der Waals surface area contributed by atoms with Gasteiger partial charge in [-0.3, -0.25) is 0 Å². The van der Waals surface area contributed by atoms with Crippen molar-refractivity contribution in [3.05, 3.63) is 20.3 Å². The molecular weight excluding hydrogens is 279 g/mol. The average molecular weight is 288 g/mol. The zero-order chi connectivity index (χ0) is 10.9. The van der Waals surface area contributed by atoms with Crippen molar-refractivity contribution in [2.45, 2.75) is 25.6 Å².